The normalized spacial score (nSPS) is 15.0. The molecule has 1 heterocycles. The van der Waals surface area contributed by atoms with E-state index < -0.39 is 8.07 Å². The summed E-state index contributed by atoms with van der Waals surface area (Å²) < 4.78 is 1.25. The van der Waals surface area contributed by atoms with E-state index in [4.69, 9.17) is 4.99 Å². The van der Waals surface area contributed by atoms with E-state index in [2.05, 4.69) is 55.2 Å². The average molecular weight is 407 g/mol. The molecule has 2 aromatic carbocycles. The zero-order chi connectivity index (χ0) is 15.2. The highest BCUT2D eigenvalue weighted by atomic mass is 127. The van der Waals surface area contributed by atoms with Crippen molar-refractivity contribution < 1.29 is 5.11 Å². The summed E-state index contributed by atoms with van der Waals surface area (Å²) in [7, 11) is -1.88. The van der Waals surface area contributed by atoms with Crippen LogP contribution in [0.5, 0.6) is 5.75 Å². The van der Waals surface area contributed by atoms with Gasteiger partial charge in [-0.3, -0.25) is 0 Å². The van der Waals surface area contributed by atoms with Gasteiger partial charge in [-0.15, -0.1) is 0 Å². The van der Waals surface area contributed by atoms with Gasteiger partial charge in [0.1, 0.15) is 13.8 Å². The Morgan fingerprint density at radius 2 is 1.90 bits per heavy atom. The molecule has 1 aliphatic rings. The third-order valence-electron chi connectivity index (χ3n) is 4.62. The Morgan fingerprint density at radius 3 is 2.57 bits per heavy atom. The molecule has 0 atom stereocenters. The molecule has 21 heavy (non-hydrogen) atoms. The first-order valence-corrected chi connectivity index (χ1v) is 10.7. The van der Waals surface area contributed by atoms with Crippen LogP contribution in [0.4, 0.5) is 5.69 Å². The molecule has 1 N–H and O–H groups in total. The first kappa shape index (κ1) is 14.8. The van der Waals surface area contributed by atoms with Gasteiger partial charge in [0.2, 0.25) is 0 Å². The van der Waals surface area contributed by atoms with Gasteiger partial charge in [0, 0.05) is 3.57 Å². The Balaban J connectivity index is 2.51. The number of rotatable bonds is 2. The van der Waals surface area contributed by atoms with E-state index in [9.17, 15) is 5.11 Å². The first-order valence-electron chi connectivity index (χ1n) is 7.23. The van der Waals surface area contributed by atoms with Gasteiger partial charge in [0.25, 0.3) is 0 Å². The summed E-state index contributed by atoms with van der Waals surface area (Å²) in [5.41, 5.74) is 1.03. The van der Waals surface area contributed by atoms with Crippen LogP contribution in [0.15, 0.2) is 35.3 Å². The summed E-state index contributed by atoms with van der Waals surface area (Å²) in [4.78, 5) is 4.83. The molecule has 0 bridgehead atoms. The van der Waals surface area contributed by atoms with Crippen LogP contribution in [-0.4, -0.2) is 13.2 Å². The SMILES string of the molecule is C=c1ccc2c(c1I)[Si](CC)(CC)c1cc(O)ccc1N=2. The number of halogens is 1. The number of fused-ring (bicyclic) bond motifs is 2. The minimum atomic E-state index is -1.88. The van der Waals surface area contributed by atoms with E-state index in [1.165, 1.54) is 13.9 Å². The maximum absolute atomic E-state index is 9.95. The van der Waals surface area contributed by atoms with Crippen LogP contribution in [0, 0.1) is 3.57 Å². The lowest BCUT2D eigenvalue weighted by molar-refractivity contribution is 0.476. The summed E-state index contributed by atoms with van der Waals surface area (Å²) in [5.74, 6) is 0.340. The lowest BCUT2D eigenvalue weighted by Gasteiger charge is -2.35. The quantitative estimate of drug-likeness (QED) is 0.602. The molecule has 2 aromatic rings. The Hall–Kier alpha value is -1.14. The fourth-order valence-electron chi connectivity index (χ4n) is 3.41. The molecule has 0 aromatic heterocycles. The summed E-state index contributed by atoms with van der Waals surface area (Å²) in [6.07, 6.45) is 0. The van der Waals surface area contributed by atoms with Gasteiger partial charge in [-0.05, 0) is 62.4 Å². The topological polar surface area (TPSA) is 32.6 Å². The van der Waals surface area contributed by atoms with Crippen molar-refractivity contribution in [2.45, 2.75) is 25.9 Å². The van der Waals surface area contributed by atoms with E-state index in [1.807, 2.05) is 12.1 Å². The highest BCUT2D eigenvalue weighted by Crippen LogP contribution is 2.26. The second kappa shape index (κ2) is 5.25. The number of aromatic hydroxyl groups is 1. The second-order valence-electron chi connectivity index (χ2n) is 5.54. The van der Waals surface area contributed by atoms with Crippen molar-refractivity contribution in [3.8, 4) is 5.75 Å². The summed E-state index contributed by atoms with van der Waals surface area (Å²) >= 11 is 2.42. The van der Waals surface area contributed by atoms with Crippen LogP contribution in [0.25, 0.3) is 6.58 Å². The van der Waals surface area contributed by atoms with Crippen LogP contribution >= 0.6 is 22.6 Å². The van der Waals surface area contributed by atoms with Crippen molar-refractivity contribution >= 4 is 53.3 Å². The lowest BCUT2D eigenvalue weighted by atomic mass is 10.2. The minimum absolute atomic E-state index is 0.340. The number of hydrogen-bond donors (Lipinski definition) is 1. The molecule has 0 aliphatic carbocycles. The smallest absolute Gasteiger partial charge is 0.124 e. The van der Waals surface area contributed by atoms with Crippen molar-refractivity contribution in [2.75, 3.05) is 0 Å². The standard InChI is InChI=1S/C17H18INOSi/c1-4-21(5-2)15-10-12(20)7-9-13(15)19-14-8-6-11(3)16(18)17(14)21/h6-10,20H,3-5H2,1-2H3. The molecular formula is C17H18INOSi. The highest BCUT2D eigenvalue weighted by molar-refractivity contribution is 14.1. The minimum Gasteiger partial charge on any atom is -0.508 e. The van der Waals surface area contributed by atoms with Crippen LogP contribution in [0.3, 0.4) is 0 Å². The molecule has 2 nitrogen and oxygen atoms in total. The molecule has 108 valence electrons. The Kier molecular flexibility index (Phi) is 3.69. The van der Waals surface area contributed by atoms with E-state index in [1.54, 1.807) is 6.07 Å². The number of nitrogens with zero attached hydrogens (tertiary/aromatic N) is 1. The zero-order valence-corrected chi connectivity index (χ0v) is 15.4. The van der Waals surface area contributed by atoms with Gasteiger partial charge >= 0.3 is 0 Å². The van der Waals surface area contributed by atoms with Crippen molar-refractivity contribution in [1.82, 2.24) is 0 Å². The molecule has 0 amide bonds. The van der Waals surface area contributed by atoms with Crippen molar-refractivity contribution in [1.29, 1.82) is 0 Å². The summed E-state index contributed by atoms with van der Waals surface area (Å²) in [6.45, 7) is 8.70. The monoisotopic (exact) mass is 407 g/mol. The zero-order valence-electron chi connectivity index (χ0n) is 12.3. The number of phenols is 1. The van der Waals surface area contributed by atoms with Gasteiger partial charge < -0.3 is 5.11 Å². The molecular weight excluding hydrogens is 389 g/mol. The molecule has 4 heteroatoms. The van der Waals surface area contributed by atoms with E-state index in [0.29, 0.717) is 5.75 Å². The maximum Gasteiger partial charge on any atom is 0.124 e. The largest absolute Gasteiger partial charge is 0.508 e. The fourth-order valence-corrected chi connectivity index (χ4v) is 9.92. The van der Waals surface area contributed by atoms with Crippen molar-refractivity contribution in [2.24, 2.45) is 4.99 Å². The first-order chi connectivity index (χ1) is 10.0. The van der Waals surface area contributed by atoms with Crippen LogP contribution < -0.4 is 20.9 Å². The molecule has 0 unspecified atom stereocenters. The Morgan fingerprint density at radius 1 is 1.19 bits per heavy atom. The molecule has 0 saturated carbocycles. The second-order valence-corrected chi connectivity index (χ2v) is 11.2. The highest BCUT2D eigenvalue weighted by Gasteiger charge is 2.40. The van der Waals surface area contributed by atoms with Gasteiger partial charge in [-0.2, -0.15) is 0 Å². The van der Waals surface area contributed by atoms with E-state index >= 15 is 0 Å². The van der Waals surface area contributed by atoms with Gasteiger partial charge in [-0.25, -0.2) is 4.99 Å². The third kappa shape index (κ3) is 2.07. The molecule has 0 radical (unpaired) electrons. The van der Waals surface area contributed by atoms with Crippen molar-refractivity contribution in [3.63, 3.8) is 0 Å². The molecule has 0 spiro atoms. The van der Waals surface area contributed by atoms with Crippen LogP contribution in [-0.2, 0) is 0 Å². The van der Waals surface area contributed by atoms with Crippen molar-refractivity contribution in [3.05, 3.63) is 44.5 Å². The summed E-state index contributed by atoms with van der Waals surface area (Å²) in [6, 6.07) is 12.0. The number of benzene rings is 2. The third-order valence-corrected chi connectivity index (χ3v) is 11.7. The Labute approximate surface area is 139 Å². The lowest BCUT2D eigenvalue weighted by Crippen LogP contribution is -2.66. The predicted molar refractivity (Wildman–Crippen MR) is 99.2 cm³/mol. The van der Waals surface area contributed by atoms with Crippen LogP contribution in [0.1, 0.15) is 13.8 Å². The number of phenolic OH excluding ortho intramolecular Hbond substituents is 1. The molecule has 1 aliphatic heterocycles. The molecule has 3 rings (SSSR count). The molecule has 0 fully saturated rings. The van der Waals surface area contributed by atoms with Crippen LogP contribution in [0.2, 0.25) is 12.1 Å². The summed E-state index contributed by atoms with van der Waals surface area (Å²) in [5, 5.41) is 14.8. The molecule has 0 saturated heterocycles. The van der Waals surface area contributed by atoms with E-state index in [-0.39, 0.29) is 0 Å². The Bertz CT molecular complexity index is 827. The average Bonchev–Trinajstić information content (AvgIpc) is 2.49. The fraction of sp³-hybridized carbons (Fsp3) is 0.235. The van der Waals surface area contributed by atoms with Gasteiger partial charge in [0.05, 0.1) is 11.0 Å². The van der Waals surface area contributed by atoms with Gasteiger partial charge in [0.15, 0.2) is 0 Å². The predicted octanol–water partition coefficient (Wildman–Crippen LogP) is 2.27. The number of hydrogen-bond acceptors (Lipinski definition) is 2. The van der Waals surface area contributed by atoms with Gasteiger partial charge in [-0.1, -0.05) is 38.6 Å². The van der Waals surface area contributed by atoms with E-state index in [0.717, 1.165) is 28.4 Å². The maximum atomic E-state index is 9.95.